The standard InChI is InChI=1S/C17H17N3O3S/c1-10(2)23-16(22)12-5-4-6-13(7-12)18-15(21)14-8-20-11(3)9-24-17(20)19-14/h4-10H,1-3H3,(H,18,21). The Bertz CT molecular complexity index is 911. The van der Waals surface area contributed by atoms with Crippen LogP contribution in [0.5, 0.6) is 0 Å². The van der Waals surface area contributed by atoms with Gasteiger partial charge in [0.2, 0.25) is 0 Å². The van der Waals surface area contributed by atoms with Gasteiger partial charge in [0.05, 0.1) is 11.7 Å². The van der Waals surface area contributed by atoms with Crippen LogP contribution in [0.1, 0.15) is 40.4 Å². The highest BCUT2D eigenvalue weighted by Crippen LogP contribution is 2.18. The number of aromatic nitrogens is 2. The van der Waals surface area contributed by atoms with Gasteiger partial charge in [-0.1, -0.05) is 6.07 Å². The average Bonchev–Trinajstić information content (AvgIpc) is 3.09. The number of aryl methyl sites for hydroxylation is 1. The Morgan fingerprint density at radius 1 is 1.33 bits per heavy atom. The largest absolute Gasteiger partial charge is 0.459 e. The zero-order valence-corrected chi connectivity index (χ0v) is 14.4. The van der Waals surface area contributed by atoms with Crippen LogP contribution in [0.2, 0.25) is 0 Å². The third-order valence-corrected chi connectivity index (χ3v) is 4.28. The SMILES string of the molecule is Cc1csc2nc(C(=O)Nc3cccc(C(=O)OC(C)C)c3)cn12. The Hall–Kier alpha value is -2.67. The van der Waals surface area contributed by atoms with Gasteiger partial charge in [-0.25, -0.2) is 9.78 Å². The quantitative estimate of drug-likeness (QED) is 0.736. The number of nitrogens with zero attached hydrogens (tertiary/aromatic N) is 2. The van der Waals surface area contributed by atoms with Crippen molar-refractivity contribution in [1.29, 1.82) is 0 Å². The maximum atomic E-state index is 12.4. The molecule has 0 atom stereocenters. The van der Waals surface area contributed by atoms with E-state index in [-0.39, 0.29) is 12.0 Å². The summed E-state index contributed by atoms with van der Waals surface area (Å²) in [6.07, 6.45) is 1.50. The highest BCUT2D eigenvalue weighted by atomic mass is 32.1. The molecule has 3 rings (SSSR count). The van der Waals surface area contributed by atoms with E-state index in [1.807, 2.05) is 16.7 Å². The van der Waals surface area contributed by atoms with E-state index >= 15 is 0 Å². The van der Waals surface area contributed by atoms with Crippen LogP contribution in [0.4, 0.5) is 5.69 Å². The lowest BCUT2D eigenvalue weighted by atomic mass is 10.2. The monoisotopic (exact) mass is 343 g/mol. The van der Waals surface area contributed by atoms with Crippen LogP contribution >= 0.6 is 11.3 Å². The normalized spacial score (nSPS) is 11.0. The summed E-state index contributed by atoms with van der Waals surface area (Å²) in [4.78, 5) is 29.4. The number of imidazole rings is 1. The van der Waals surface area contributed by atoms with Crippen LogP contribution in [-0.4, -0.2) is 27.4 Å². The van der Waals surface area contributed by atoms with Gasteiger partial charge >= 0.3 is 5.97 Å². The van der Waals surface area contributed by atoms with Gasteiger partial charge in [0, 0.05) is 23.0 Å². The molecule has 6 nitrogen and oxygen atoms in total. The van der Waals surface area contributed by atoms with Gasteiger partial charge in [0.1, 0.15) is 5.69 Å². The zero-order chi connectivity index (χ0) is 17.3. The van der Waals surface area contributed by atoms with Crippen molar-refractivity contribution in [3.8, 4) is 0 Å². The molecule has 0 spiro atoms. The first-order valence-electron chi connectivity index (χ1n) is 7.49. The van der Waals surface area contributed by atoms with Gasteiger partial charge in [-0.2, -0.15) is 0 Å². The summed E-state index contributed by atoms with van der Waals surface area (Å²) in [6, 6.07) is 6.65. The molecular formula is C17H17N3O3S. The molecule has 124 valence electrons. The van der Waals surface area contributed by atoms with E-state index in [9.17, 15) is 9.59 Å². The van der Waals surface area contributed by atoms with Crippen molar-refractivity contribution in [1.82, 2.24) is 9.38 Å². The number of hydrogen-bond acceptors (Lipinski definition) is 5. The molecule has 0 radical (unpaired) electrons. The molecule has 1 amide bonds. The Kier molecular flexibility index (Phi) is 4.35. The molecule has 2 aromatic heterocycles. The van der Waals surface area contributed by atoms with Crippen molar-refractivity contribution >= 4 is 33.9 Å². The number of amides is 1. The van der Waals surface area contributed by atoms with Crippen LogP contribution in [0, 0.1) is 6.92 Å². The van der Waals surface area contributed by atoms with E-state index in [0.29, 0.717) is 16.9 Å². The van der Waals surface area contributed by atoms with Crippen molar-refractivity contribution in [2.75, 3.05) is 5.32 Å². The third-order valence-electron chi connectivity index (χ3n) is 3.32. The van der Waals surface area contributed by atoms with Crippen molar-refractivity contribution in [2.45, 2.75) is 26.9 Å². The lowest BCUT2D eigenvalue weighted by Gasteiger charge is -2.09. The van der Waals surface area contributed by atoms with Crippen molar-refractivity contribution in [3.05, 3.63) is 52.8 Å². The summed E-state index contributed by atoms with van der Waals surface area (Å²) in [5.74, 6) is -0.737. The topological polar surface area (TPSA) is 72.7 Å². The first-order valence-corrected chi connectivity index (χ1v) is 8.37. The molecule has 7 heteroatoms. The molecule has 0 saturated heterocycles. The predicted molar refractivity (Wildman–Crippen MR) is 92.8 cm³/mol. The van der Waals surface area contributed by atoms with Crippen LogP contribution in [0.25, 0.3) is 4.96 Å². The number of hydrogen-bond donors (Lipinski definition) is 1. The Labute approximate surface area is 143 Å². The maximum Gasteiger partial charge on any atom is 0.338 e. The van der Waals surface area contributed by atoms with E-state index in [2.05, 4.69) is 10.3 Å². The Morgan fingerprint density at radius 2 is 2.12 bits per heavy atom. The van der Waals surface area contributed by atoms with E-state index in [1.54, 1.807) is 44.3 Å². The molecule has 0 fully saturated rings. The fraction of sp³-hybridized carbons (Fsp3) is 0.235. The van der Waals surface area contributed by atoms with Gasteiger partial charge in [0.15, 0.2) is 4.96 Å². The minimum Gasteiger partial charge on any atom is -0.459 e. The lowest BCUT2D eigenvalue weighted by molar-refractivity contribution is 0.0378. The zero-order valence-electron chi connectivity index (χ0n) is 13.6. The van der Waals surface area contributed by atoms with E-state index in [1.165, 1.54) is 11.3 Å². The summed E-state index contributed by atoms with van der Waals surface area (Å²) in [5, 5.41) is 4.74. The van der Waals surface area contributed by atoms with Crippen LogP contribution < -0.4 is 5.32 Å². The van der Waals surface area contributed by atoms with Crippen molar-refractivity contribution < 1.29 is 14.3 Å². The summed E-state index contributed by atoms with van der Waals surface area (Å²) in [6.45, 7) is 5.53. The number of thiazole rings is 1. The summed E-state index contributed by atoms with van der Waals surface area (Å²) < 4.78 is 7.03. The number of anilines is 1. The van der Waals surface area contributed by atoms with Crippen molar-refractivity contribution in [2.24, 2.45) is 0 Å². The number of carbonyl (C=O) groups excluding carboxylic acids is 2. The molecule has 1 aromatic carbocycles. The Balaban J connectivity index is 1.77. The van der Waals surface area contributed by atoms with Gasteiger partial charge in [0.25, 0.3) is 5.91 Å². The summed E-state index contributed by atoms with van der Waals surface area (Å²) in [5.41, 5.74) is 2.27. The van der Waals surface area contributed by atoms with E-state index < -0.39 is 5.97 Å². The molecule has 0 aliphatic carbocycles. The number of rotatable bonds is 4. The number of nitrogens with one attached hydrogen (secondary N) is 1. The number of esters is 1. The molecule has 0 unspecified atom stereocenters. The molecule has 3 aromatic rings. The van der Waals surface area contributed by atoms with E-state index in [0.717, 1.165) is 10.7 Å². The smallest absolute Gasteiger partial charge is 0.338 e. The first kappa shape index (κ1) is 16.2. The van der Waals surface area contributed by atoms with Gasteiger partial charge < -0.3 is 10.1 Å². The third kappa shape index (κ3) is 3.30. The van der Waals surface area contributed by atoms with Crippen LogP contribution in [0.15, 0.2) is 35.8 Å². The molecule has 0 bridgehead atoms. The Morgan fingerprint density at radius 3 is 2.83 bits per heavy atom. The fourth-order valence-corrected chi connectivity index (χ4v) is 3.06. The van der Waals surface area contributed by atoms with Gasteiger partial charge in [-0.05, 0) is 39.0 Å². The second-order valence-corrected chi connectivity index (χ2v) is 6.48. The molecule has 0 saturated carbocycles. The molecule has 2 heterocycles. The highest BCUT2D eigenvalue weighted by Gasteiger charge is 2.14. The highest BCUT2D eigenvalue weighted by molar-refractivity contribution is 7.15. The fourth-order valence-electron chi connectivity index (χ4n) is 2.20. The molecular weight excluding hydrogens is 326 g/mol. The number of benzene rings is 1. The average molecular weight is 343 g/mol. The number of carbonyl (C=O) groups is 2. The molecule has 0 aliphatic heterocycles. The predicted octanol–water partition coefficient (Wildman–Crippen LogP) is 3.52. The van der Waals surface area contributed by atoms with Gasteiger partial charge in [-0.15, -0.1) is 11.3 Å². The second-order valence-electron chi connectivity index (χ2n) is 5.64. The minimum atomic E-state index is -0.417. The summed E-state index contributed by atoms with van der Waals surface area (Å²) >= 11 is 1.48. The molecule has 24 heavy (non-hydrogen) atoms. The maximum absolute atomic E-state index is 12.4. The van der Waals surface area contributed by atoms with E-state index in [4.69, 9.17) is 4.74 Å². The second kappa shape index (κ2) is 6.45. The summed E-state index contributed by atoms with van der Waals surface area (Å²) in [7, 11) is 0. The minimum absolute atomic E-state index is 0.197. The first-order chi connectivity index (χ1) is 11.4. The molecule has 0 aliphatic rings. The lowest BCUT2D eigenvalue weighted by Crippen LogP contribution is -2.14. The number of ether oxygens (including phenoxy) is 1. The van der Waals surface area contributed by atoms with Gasteiger partial charge in [-0.3, -0.25) is 9.20 Å². The number of fused-ring (bicyclic) bond motifs is 1. The van der Waals surface area contributed by atoms with Crippen LogP contribution in [0.3, 0.4) is 0 Å². The van der Waals surface area contributed by atoms with Crippen LogP contribution in [-0.2, 0) is 4.74 Å². The molecule has 1 N–H and O–H groups in total. The van der Waals surface area contributed by atoms with Crippen molar-refractivity contribution in [3.63, 3.8) is 0 Å².